The van der Waals surface area contributed by atoms with Crippen molar-refractivity contribution < 1.29 is 9.90 Å². The Balaban J connectivity index is 2.41. The van der Waals surface area contributed by atoms with Crippen LogP contribution in [0, 0.1) is 6.92 Å². The molecule has 2 aromatic heterocycles. The van der Waals surface area contributed by atoms with E-state index in [4.69, 9.17) is 10.8 Å². The van der Waals surface area contributed by atoms with Gasteiger partial charge in [-0.2, -0.15) is 5.10 Å². The van der Waals surface area contributed by atoms with Crippen LogP contribution in [0.4, 0.5) is 0 Å². The van der Waals surface area contributed by atoms with E-state index in [0.29, 0.717) is 12.2 Å². The standard InChI is InChI=1S/C10H13BrN6O2/c1-5-8(11)7(16(2)14-5)4-17-6(3-12)9(10(18)19)13-15-17/h3-4,12H2,1-2H3,(H,18,19). The van der Waals surface area contributed by atoms with Crippen LogP contribution >= 0.6 is 15.9 Å². The topological polar surface area (TPSA) is 112 Å². The number of hydrogen-bond donors (Lipinski definition) is 2. The SMILES string of the molecule is Cc1nn(C)c(Cn2nnc(C(=O)O)c2CN)c1Br. The van der Waals surface area contributed by atoms with Crippen molar-refractivity contribution in [3.05, 3.63) is 27.2 Å². The molecule has 0 saturated heterocycles. The van der Waals surface area contributed by atoms with Crippen molar-refractivity contribution in [2.45, 2.75) is 20.0 Å². The molecule has 2 rings (SSSR count). The highest BCUT2D eigenvalue weighted by molar-refractivity contribution is 9.10. The van der Waals surface area contributed by atoms with Gasteiger partial charge in [-0.15, -0.1) is 5.10 Å². The van der Waals surface area contributed by atoms with Crippen molar-refractivity contribution in [2.24, 2.45) is 12.8 Å². The molecule has 0 aliphatic heterocycles. The van der Waals surface area contributed by atoms with Crippen LogP contribution in [0.1, 0.15) is 27.6 Å². The van der Waals surface area contributed by atoms with E-state index in [1.807, 2.05) is 14.0 Å². The minimum atomic E-state index is -1.13. The van der Waals surface area contributed by atoms with Gasteiger partial charge in [0.2, 0.25) is 0 Å². The predicted octanol–water partition coefficient (Wildman–Crippen LogP) is 0.288. The van der Waals surface area contributed by atoms with E-state index >= 15 is 0 Å². The molecule has 19 heavy (non-hydrogen) atoms. The Labute approximate surface area is 117 Å². The summed E-state index contributed by atoms with van der Waals surface area (Å²) in [5, 5.41) is 20.7. The Kier molecular flexibility index (Phi) is 3.67. The summed E-state index contributed by atoms with van der Waals surface area (Å²) >= 11 is 3.45. The van der Waals surface area contributed by atoms with Gasteiger partial charge in [-0.1, -0.05) is 5.21 Å². The molecule has 0 saturated carbocycles. The predicted molar refractivity (Wildman–Crippen MR) is 69.6 cm³/mol. The molecule has 0 atom stereocenters. The van der Waals surface area contributed by atoms with Gasteiger partial charge >= 0.3 is 5.97 Å². The van der Waals surface area contributed by atoms with Gasteiger partial charge in [-0.05, 0) is 22.9 Å². The molecule has 0 spiro atoms. The van der Waals surface area contributed by atoms with Crippen molar-refractivity contribution in [2.75, 3.05) is 0 Å². The molecular weight excluding hydrogens is 316 g/mol. The maximum atomic E-state index is 11.0. The number of carboxylic acids is 1. The molecule has 0 radical (unpaired) electrons. The molecule has 102 valence electrons. The number of carboxylic acid groups (broad SMARTS) is 1. The first-order valence-electron chi connectivity index (χ1n) is 5.49. The van der Waals surface area contributed by atoms with Gasteiger partial charge < -0.3 is 10.8 Å². The van der Waals surface area contributed by atoms with Crippen LogP contribution in [0.5, 0.6) is 0 Å². The second-order valence-electron chi connectivity index (χ2n) is 4.02. The first-order valence-corrected chi connectivity index (χ1v) is 6.28. The van der Waals surface area contributed by atoms with Crippen LogP contribution in [-0.2, 0) is 20.1 Å². The third-order valence-corrected chi connectivity index (χ3v) is 3.83. The molecule has 0 unspecified atom stereocenters. The first-order chi connectivity index (χ1) is 8.95. The summed E-state index contributed by atoms with van der Waals surface area (Å²) in [5.41, 5.74) is 7.57. The molecule has 0 aliphatic carbocycles. The lowest BCUT2D eigenvalue weighted by Gasteiger charge is -2.06. The smallest absolute Gasteiger partial charge is 0.358 e. The molecule has 0 aliphatic rings. The first kappa shape index (κ1) is 13.7. The Morgan fingerprint density at radius 3 is 2.63 bits per heavy atom. The van der Waals surface area contributed by atoms with E-state index in [-0.39, 0.29) is 12.2 Å². The number of aromatic nitrogens is 5. The highest BCUT2D eigenvalue weighted by atomic mass is 79.9. The van der Waals surface area contributed by atoms with Crippen molar-refractivity contribution in [1.82, 2.24) is 24.8 Å². The summed E-state index contributed by atoms with van der Waals surface area (Å²) in [6, 6.07) is 0. The van der Waals surface area contributed by atoms with E-state index in [1.165, 1.54) is 4.68 Å². The number of hydrogen-bond acceptors (Lipinski definition) is 5. The summed E-state index contributed by atoms with van der Waals surface area (Å²) in [7, 11) is 1.81. The van der Waals surface area contributed by atoms with Crippen molar-refractivity contribution in [3.63, 3.8) is 0 Å². The number of nitrogens with two attached hydrogens (primary N) is 1. The zero-order valence-electron chi connectivity index (χ0n) is 10.5. The molecular formula is C10H13BrN6O2. The molecule has 2 aromatic rings. The summed E-state index contributed by atoms with van der Waals surface area (Å²) in [6.45, 7) is 2.29. The third-order valence-electron chi connectivity index (χ3n) is 2.79. The Hall–Kier alpha value is -1.74. The van der Waals surface area contributed by atoms with Gasteiger partial charge in [0.1, 0.15) is 0 Å². The largest absolute Gasteiger partial charge is 0.476 e. The molecule has 3 N–H and O–H groups in total. The molecule has 0 fully saturated rings. The quantitative estimate of drug-likeness (QED) is 0.834. The lowest BCUT2D eigenvalue weighted by molar-refractivity contribution is 0.0689. The number of halogens is 1. The lowest BCUT2D eigenvalue weighted by atomic mass is 10.3. The fourth-order valence-electron chi connectivity index (χ4n) is 1.82. The van der Waals surface area contributed by atoms with Gasteiger partial charge in [0.05, 0.1) is 28.1 Å². The summed E-state index contributed by atoms with van der Waals surface area (Å²) in [4.78, 5) is 11.0. The van der Waals surface area contributed by atoms with E-state index < -0.39 is 5.97 Å². The molecule has 0 bridgehead atoms. The van der Waals surface area contributed by atoms with Crippen molar-refractivity contribution >= 4 is 21.9 Å². The fourth-order valence-corrected chi connectivity index (χ4v) is 2.28. The zero-order chi connectivity index (χ0) is 14.2. The molecule has 8 nitrogen and oxygen atoms in total. The van der Waals surface area contributed by atoms with Gasteiger partial charge in [0.15, 0.2) is 5.69 Å². The summed E-state index contributed by atoms with van der Waals surface area (Å²) < 4.78 is 4.05. The van der Waals surface area contributed by atoms with Crippen LogP contribution in [0.15, 0.2) is 4.47 Å². The molecule has 0 amide bonds. The van der Waals surface area contributed by atoms with E-state index in [9.17, 15) is 4.79 Å². The zero-order valence-corrected chi connectivity index (χ0v) is 12.0. The average molecular weight is 329 g/mol. The van der Waals surface area contributed by atoms with E-state index in [2.05, 4.69) is 31.3 Å². The average Bonchev–Trinajstić information content (AvgIpc) is 2.86. The monoisotopic (exact) mass is 328 g/mol. The molecule has 2 heterocycles. The van der Waals surface area contributed by atoms with Crippen molar-refractivity contribution in [1.29, 1.82) is 0 Å². The van der Waals surface area contributed by atoms with Crippen LogP contribution < -0.4 is 5.73 Å². The van der Waals surface area contributed by atoms with Gasteiger partial charge in [0.25, 0.3) is 0 Å². The fraction of sp³-hybridized carbons (Fsp3) is 0.400. The maximum absolute atomic E-state index is 11.0. The van der Waals surface area contributed by atoms with Crippen LogP contribution in [0.3, 0.4) is 0 Å². The summed E-state index contributed by atoms with van der Waals surface area (Å²) in [5.74, 6) is -1.13. The van der Waals surface area contributed by atoms with E-state index in [0.717, 1.165) is 15.9 Å². The highest BCUT2D eigenvalue weighted by Crippen LogP contribution is 2.21. The number of aromatic carboxylic acids is 1. The van der Waals surface area contributed by atoms with Crippen molar-refractivity contribution in [3.8, 4) is 0 Å². The Morgan fingerprint density at radius 1 is 1.47 bits per heavy atom. The van der Waals surface area contributed by atoms with Crippen LogP contribution in [0.25, 0.3) is 0 Å². The van der Waals surface area contributed by atoms with Gasteiger partial charge in [-0.25, -0.2) is 9.48 Å². The van der Waals surface area contributed by atoms with Crippen LogP contribution in [-0.4, -0.2) is 35.9 Å². The number of rotatable bonds is 4. The molecule has 9 heteroatoms. The van der Waals surface area contributed by atoms with Gasteiger partial charge in [0, 0.05) is 13.6 Å². The Bertz CT molecular complexity index is 632. The molecule has 0 aromatic carbocycles. The highest BCUT2D eigenvalue weighted by Gasteiger charge is 2.20. The minimum Gasteiger partial charge on any atom is -0.476 e. The number of carbonyl (C=O) groups is 1. The van der Waals surface area contributed by atoms with Crippen LogP contribution in [0.2, 0.25) is 0 Å². The number of nitrogens with zero attached hydrogens (tertiary/aromatic N) is 5. The maximum Gasteiger partial charge on any atom is 0.358 e. The second kappa shape index (κ2) is 5.10. The lowest BCUT2D eigenvalue weighted by Crippen LogP contribution is -2.15. The van der Waals surface area contributed by atoms with E-state index in [1.54, 1.807) is 4.68 Å². The normalized spacial score (nSPS) is 10.9. The third kappa shape index (κ3) is 2.38. The number of aryl methyl sites for hydroxylation is 2. The Morgan fingerprint density at radius 2 is 2.16 bits per heavy atom. The summed E-state index contributed by atoms with van der Waals surface area (Å²) in [6.07, 6.45) is 0. The van der Waals surface area contributed by atoms with Gasteiger partial charge in [-0.3, -0.25) is 4.68 Å². The second-order valence-corrected chi connectivity index (χ2v) is 4.81. The minimum absolute atomic E-state index is 0.0586.